The van der Waals surface area contributed by atoms with Crippen molar-refractivity contribution in [3.63, 3.8) is 0 Å². The van der Waals surface area contributed by atoms with Gasteiger partial charge in [-0.25, -0.2) is 4.79 Å². The summed E-state index contributed by atoms with van der Waals surface area (Å²) in [6.45, 7) is 0. The van der Waals surface area contributed by atoms with E-state index in [9.17, 15) is 18.0 Å². The maximum absolute atomic E-state index is 12.9. The number of anilines is 2. The Morgan fingerprint density at radius 2 is 1.66 bits per heavy atom. The summed E-state index contributed by atoms with van der Waals surface area (Å²) in [5.74, 6) is 1.23. The number of H-pyrrole nitrogens is 1. The fourth-order valence-corrected chi connectivity index (χ4v) is 3.33. The molecule has 7 nitrogen and oxygen atoms in total. The lowest BCUT2D eigenvalue weighted by atomic mass is 10.1. The van der Waals surface area contributed by atoms with Crippen LogP contribution in [0.25, 0.3) is 11.3 Å². The molecule has 4 rings (SSSR count). The van der Waals surface area contributed by atoms with Crippen molar-refractivity contribution in [2.45, 2.75) is 24.9 Å². The first kappa shape index (κ1) is 21.5. The van der Waals surface area contributed by atoms with Gasteiger partial charge in [-0.3, -0.25) is 5.10 Å². The predicted octanol–water partition coefficient (Wildman–Crippen LogP) is 5.63. The Hall–Kier alpha value is -3.69. The molecule has 3 N–H and O–H groups in total. The van der Waals surface area contributed by atoms with Gasteiger partial charge in [0.15, 0.2) is 0 Å². The molecule has 168 valence electrons. The van der Waals surface area contributed by atoms with Crippen LogP contribution in [0.1, 0.15) is 30.0 Å². The molecule has 32 heavy (non-hydrogen) atoms. The topological polar surface area (TPSA) is 88.3 Å². The van der Waals surface area contributed by atoms with Crippen molar-refractivity contribution in [3.8, 4) is 22.8 Å². The number of urea groups is 1. The van der Waals surface area contributed by atoms with Crippen LogP contribution in [0.15, 0.2) is 42.5 Å². The quantitative estimate of drug-likeness (QED) is 0.458. The second-order valence-electron chi connectivity index (χ2n) is 7.39. The van der Waals surface area contributed by atoms with Gasteiger partial charge in [-0.2, -0.15) is 18.3 Å². The third-order valence-electron chi connectivity index (χ3n) is 5.11. The first-order valence-electron chi connectivity index (χ1n) is 9.85. The summed E-state index contributed by atoms with van der Waals surface area (Å²) < 4.78 is 49.1. The highest BCUT2D eigenvalue weighted by Gasteiger charge is 2.32. The summed E-state index contributed by atoms with van der Waals surface area (Å²) in [6.07, 6.45) is -2.54. The van der Waals surface area contributed by atoms with Crippen LogP contribution in [-0.2, 0) is 6.18 Å². The largest absolute Gasteiger partial charge is 0.497 e. The van der Waals surface area contributed by atoms with E-state index in [-0.39, 0.29) is 5.92 Å². The Morgan fingerprint density at radius 1 is 1.03 bits per heavy atom. The van der Waals surface area contributed by atoms with Gasteiger partial charge >= 0.3 is 12.2 Å². The first-order valence-corrected chi connectivity index (χ1v) is 9.85. The molecular formula is C22H21F3N4O3. The van der Waals surface area contributed by atoms with Crippen molar-refractivity contribution >= 4 is 17.4 Å². The summed E-state index contributed by atoms with van der Waals surface area (Å²) in [5, 5.41) is 12.7. The lowest BCUT2D eigenvalue weighted by Crippen LogP contribution is -2.20. The van der Waals surface area contributed by atoms with Gasteiger partial charge in [0.2, 0.25) is 0 Å². The van der Waals surface area contributed by atoms with E-state index in [1.807, 2.05) is 0 Å². The number of aromatic nitrogens is 2. The number of hydrogen-bond donors (Lipinski definition) is 3. The van der Waals surface area contributed by atoms with Crippen LogP contribution in [0, 0.1) is 0 Å². The molecule has 0 bridgehead atoms. The van der Waals surface area contributed by atoms with Gasteiger partial charge in [0.25, 0.3) is 0 Å². The number of amides is 2. The van der Waals surface area contributed by atoms with E-state index >= 15 is 0 Å². The Balaban J connectivity index is 1.59. The molecule has 2 amide bonds. The molecule has 0 radical (unpaired) electrons. The summed E-state index contributed by atoms with van der Waals surface area (Å²) in [5.41, 5.74) is 1.72. The number of nitrogens with one attached hydrogen (secondary N) is 3. The van der Waals surface area contributed by atoms with Gasteiger partial charge in [-0.05, 0) is 25.0 Å². The van der Waals surface area contributed by atoms with Gasteiger partial charge in [-0.1, -0.05) is 12.1 Å². The molecule has 1 saturated carbocycles. The Morgan fingerprint density at radius 3 is 2.19 bits per heavy atom. The van der Waals surface area contributed by atoms with E-state index in [1.54, 1.807) is 18.2 Å². The summed E-state index contributed by atoms with van der Waals surface area (Å²) in [4.78, 5) is 12.7. The van der Waals surface area contributed by atoms with E-state index in [2.05, 4.69) is 20.8 Å². The average Bonchev–Trinajstić information content (AvgIpc) is 3.53. The zero-order valence-electron chi connectivity index (χ0n) is 17.3. The molecule has 1 heterocycles. The van der Waals surface area contributed by atoms with Crippen LogP contribution in [0.3, 0.4) is 0 Å². The molecule has 2 aromatic carbocycles. The highest BCUT2D eigenvalue weighted by atomic mass is 19.4. The molecule has 0 spiro atoms. The predicted molar refractivity (Wildman–Crippen MR) is 113 cm³/mol. The second kappa shape index (κ2) is 8.45. The maximum atomic E-state index is 12.9. The molecule has 1 aromatic heterocycles. The smallest absolute Gasteiger partial charge is 0.416 e. The third-order valence-corrected chi connectivity index (χ3v) is 5.11. The van der Waals surface area contributed by atoms with Gasteiger partial charge in [-0.15, -0.1) is 0 Å². The lowest BCUT2D eigenvalue weighted by Gasteiger charge is -2.12. The van der Waals surface area contributed by atoms with Crippen LogP contribution in [0.4, 0.5) is 29.3 Å². The van der Waals surface area contributed by atoms with Crippen LogP contribution in [0.2, 0.25) is 0 Å². The molecular weight excluding hydrogens is 425 g/mol. The number of benzene rings is 2. The zero-order chi connectivity index (χ0) is 22.9. The number of halogens is 3. The average molecular weight is 446 g/mol. The van der Waals surface area contributed by atoms with E-state index in [0.717, 1.165) is 30.7 Å². The van der Waals surface area contributed by atoms with Gasteiger partial charge in [0.1, 0.15) is 17.2 Å². The number of carbonyl (C=O) groups is 1. The SMILES string of the molecule is COc1cc(NC(=O)Nc2c(-c3ccc(C(F)(F)F)cc3)n[nH]c2C2CC2)cc(OC)c1. The number of aromatic amines is 1. The number of hydrogen-bond acceptors (Lipinski definition) is 4. The van der Waals surface area contributed by atoms with E-state index in [1.165, 1.54) is 26.4 Å². The fraction of sp³-hybridized carbons (Fsp3) is 0.273. The number of carbonyl (C=O) groups excluding carboxylic acids is 1. The molecule has 0 unspecified atom stereocenters. The molecule has 0 saturated heterocycles. The molecule has 10 heteroatoms. The monoisotopic (exact) mass is 446 g/mol. The van der Waals surface area contributed by atoms with Gasteiger partial charge in [0, 0.05) is 35.4 Å². The van der Waals surface area contributed by atoms with E-state index < -0.39 is 17.8 Å². The summed E-state index contributed by atoms with van der Waals surface area (Å²) in [6, 6.07) is 9.08. The summed E-state index contributed by atoms with van der Waals surface area (Å²) in [7, 11) is 3.00. The van der Waals surface area contributed by atoms with E-state index in [4.69, 9.17) is 9.47 Å². The van der Waals surface area contributed by atoms with Crippen molar-refractivity contribution in [2.24, 2.45) is 0 Å². The van der Waals surface area contributed by atoms with Crippen LogP contribution < -0.4 is 20.1 Å². The van der Waals surface area contributed by atoms with Crippen molar-refractivity contribution < 1.29 is 27.4 Å². The number of methoxy groups -OCH3 is 2. The van der Waals surface area contributed by atoms with Gasteiger partial charge in [0.05, 0.1) is 31.2 Å². The van der Waals surface area contributed by atoms with Crippen LogP contribution in [0.5, 0.6) is 11.5 Å². The van der Waals surface area contributed by atoms with Crippen molar-refractivity contribution in [1.29, 1.82) is 0 Å². The Bertz CT molecular complexity index is 1100. The highest BCUT2D eigenvalue weighted by molar-refractivity contribution is 6.02. The molecule has 0 atom stereocenters. The van der Waals surface area contributed by atoms with E-state index in [0.29, 0.717) is 34.1 Å². The lowest BCUT2D eigenvalue weighted by molar-refractivity contribution is -0.137. The van der Waals surface area contributed by atoms with Crippen LogP contribution in [-0.4, -0.2) is 30.4 Å². The normalized spacial score (nSPS) is 13.5. The molecule has 1 aliphatic rings. The number of alkyl halides is 3. The third kappa shape index (κ3) is 4.63. The minimum Gasteiger partial charge on any atom is -0.497 e. The molecule has 1 aliphatic carbocycles. The Kier molecular flexibility index (Phi) is 5.68. The molecule has 1 fully saturated rings. The van der Waals surface area contributed by atoms with Crippen molar-refractivity contribution in [1.82, 2.24) is 10.2 Å². The second-order valence-corrected chi connectivity index (χ2v) is 7.39. The minimum atomic E-state index is -4.43. The number of ether oxygens (including phenoxy) is 2. The fourth-order valence-electron chi connectivity index (χ4n) is 3.33. The molecule has 0 aliphatic heterocycles. The number of rotatable bonds is 6. The zero-order valence-corrected chi connectivity index (χ0v) is 17.3. The van der Waals surface area contributed by atoms with Gasteiger partial charge < -0.3 is 20.1 Å². The van der Waals surface area contributed by atoms with Crippen molar-refractivity contribution in [2.75, 3.05) is 24.9 Å². The molecule has 3 aromatic rings. The van der Waals surface area contributed by atoms with Crippen LogP contribution >= 0.6 is 0 Å². The minimum absolute atomic E-state index is 0.220. The summed E-state index contributed by atoms with van der Waals surface area (Å²) >= 11 is 0. The Labute approximate surface area is 181 Å². The maximum Gasteiger partial charge on any atom is 0.416 e. The standard InChI is InChI=1S/C22H21F3N4O3/c1-31-16-9-15(10-17(11-16)32-2)26-21(30)27-20-18(12-3-4-12)28-29-19(20)13-5-7-14(8-6-13)22(23,24)25/h5-12H,3-4H2,1-2H3,(H,28,29)(H2,26,27,30). The highest BCUT2D eigenvalue weighted by Crippen LogP contribution is 2.45. The van der Waals surface area contributed by atoms with Crippen molar-refractivity contribution in [3.05, 3.63) is 53.7 Å². The first-order chi connectivity index (χ1) is 15.3. The number of nitrogens with zero attached hydrogens (tertiary/aromatic N) is 1.